The number of carbonyl (C=O) groups is 2. The van der Waals surface area contributed by atoms with E-state index in [2.05, 4.69) is 10.3 Å². The molecular formula is C25H22N2O4S. The van der Waals surface area contributed by atoms with Crippen molar-refractivity contribution in [1.82, 2.24) is 4.98 Å². The number of nitrogens with zero attached hydrogens (tertiary/aromatic N) is 1. The predicted octanol–water partition coefficient (Wildman–Crippen LogP) is 5.24. The van der Waals surface area contributed by atoms with E-state index >= 15 is 0 Å². The monoisotopic (exact) mass is 446 g/mol. The van der Waals surface area contributed by atoms with Gasteiger partial charge in [-0.05, 0) is 42.8 Å². The molecule has 0 aliphatic rings. The number of ether oxygens (including phenoxy) is 2. The normalized spacial score (nSPS) is 10.8. The molecule has 7 heteroatoms. The largest absolute Gasteiger partial charge is 0.497 e. The molecule has 0 atom stereocenters. The van der Waals surface area contributed by atoms with Crippen molar-refractivity contribution in [3.63, 3.8) is 0 Å². The van der Waals surface area contributed by atoms with E-state index < -0.39 is 0 Å². The summed E-state index contributed by atoms with van der Waals surface area (Å²) in [6, 6.07) is 17.7. The Morgan fingerprint density at radius 2 is 1.72 bits per heavy atom. The third-order valence-corrected chi connectivity index (χ3v) is 6.09. The van der Waals surface area contributed by atoms with Gasteiger partial charge in [-0.2, -0.15) is 0 Å². The van der Waals surface area contributed by atoms with Gasteiger partial charge in [0.05, 0.1) is 19.4 Å². The van der Waals surface area contributed by atoms with Crippen LogP contribution in [0.15, 0.2) is 60.7 Å². The van der Waals surface area contributed by atoms with Gasteiger partial charge in [-0.3, -0.25) is 9.59 Å². The van der Waals surface area contributed by atoms with E-state index in [1.807, 2.05) is 31.2 Å². The van der Waals surface area contributed by atoms with Gasteiger partial charge < -0.3 is 14.8 Å². The highest BCUT2D eigenvalue weighted by molar-refractivity contribution is 7.21. The molecule has 1 amide bonds. The number of amides is 1. The molecule has 0 saturated carbocycles. The summed E-state index contributed by atoms with van der Waals surface area (Å²) in [6.45, 7) is 2.23. The zero-order chi connectivity index (χ0) is 22.7. The van der Waals surface area contributed by atoms with Crippen LogP contribution in [0, 0.1) is 6.92 Å². The first kappa shape index (κ1) is 21.7. The minimum Gasteiger partial charge on any atom is -0.497 e. The second-order valence-corrected chi connectivity index (χ2v) is 8.22. The van der Waals surface area contributed by atoms with Crippen molar-refractivity contribution < 1.29 is 19.1 Å². The van der Waals surface area contributed by atoms with E-state index in [-0.39, 0.29) is 11.7 Å². The smallest absolute Gasteiger partial charge is 0.255 e. The number of ketones is 1. The maximum atomic E-state index is 13.4. The van der Waals surface area contributed by atoms with Crippen molar-refractivity contribution in [1.29, 1.82) is 0 Å². The number of aromatic nitrogens is 1. The Morgan fingerprint density at radius 3 is 2.38 bits per heavy atom. The van der Waals surface area contributed by atoms with E-state index in [9.17, 15) is 9.59 Å². The molecule has 162 valence electrons. The standard InChI is InChI=1S/C25H22N2O4S/c1-15-13-18(14-30-2)20-21(27-24(29)17-9-11-19(31-3)12-10-17)23(32-25(20)26-15)22(28)16-7-5-4-6-8-16/h4-13H,14H2,1-3H3,(H,27,29). The summed E-state index contributed by atoms with van der Waals surface area (Å²) in [6.07, 6.45) is 0. The SMILES string of the molecule is COCc1cc(C)nc2sc(C(=O)c3ccccc3)c(NC(=O)c3ccc(OC)cc3)c12. The molecule has 0 saturated heterocycles. The molecule has 0 aliphatic heterocycles. The molecule has 2 aromatic carbocycles. The average molecular weight is 447 g/mol. The van der Waals surface area contributed by atoms with Crippen molar-refractivity contribution >= 4 is 38.9 Å². The summed E-state index contributed by atoms with van der Waals surface area (Å²) < 4.78 is 10.5. The number of carbonyl (C=O) groups excluding carboxylic acids is 2. The fourth-order valence-electron chi connectivity index (χ4n) is 3.51. The summed E-state index contributed by atoms with van der Waals surface area (Å²) in [5, 5.41) is 3.70. The zero-order valence-electron chi connectivity index (χ0n) is 18.0. The lowest BCUT2D eigenvalue weighted by atomic mass is 10.1. The first-order valence-corrected chi connectivity index (χ1v) is 10.8. The van der Waals surface area contributed by atoms with Crippen molar-refractivity contribution in [2.75, 3.05) is 19.5 Å². The molecule has 32 heavy (non-hydrogen) atoms. The lowest BCUT2D eigenvalue weighted by molar-refractivity contribution is 0.102. The lowest BCUT2D eigenvalue weighted by Crippen LogP contribution is -2.14. The highest BCUT2D eigenvalue weighted by Crippen LogP contribution is 2.39. The van der Waals surface area contributed by atoms with Crippen LogP contribution < -0.4 is 10.1 Å². The van der Waals surface area contributed by atoms with Crippen LogP contribution in [0.1, 0.15) is 36.9 Å². The third-order valence-electron chi connectivity index (χ3n) is 5.00. The van der Waals surface area contributed by atoms with Crippen molar-refractivity contribution in [2.45, 2.75) is 13.5 Å². The number of anilines is 1. The molecule has 1 N–H and O–H groups in total. The summed E-state index contributed by atoms with van der Waals surface area (Å²) in [7, 11) is 3.18. The van der Waals surface area contributed by atoms with Crippen LogP contribution in [0.4, 0.5) is 5.69 Å². The molecule has 0 unspecified atom stereocenters. The van der Waals surface area contributed by atoms with Gasteiger partial charge >= 0.3 is 0 Å². The van der Waals surface area contributed by atoms with Gasteiger partial charge in [0.1, 0.15) is 15.5 Å². The maximum Gasteiger partial charge on any atom is 0.255 e. The zero-order valence-corrected chi connectivity index (χ0v) is 18.8. The maximum absolute atomic E-state index is 13.4. The highest BCUT2D eigenvalue weighted by Gasteiger charge is 2.24. The van der Waals surface area contributed by atoms with Crippen LogP contribution in [0.3, 0.4) is 0 Å². The molecule has 0 radical (unpaired) electrons. The van der Waals surface area contributed by atoms with Gasteiger partial charge in [-0.15, -0.1) is 11.3 Å². The Morgan fingerprint density at radius 1 is 1.00 bits per heavy atom. The number of aryl methyl sites for hydroxylation is 1. The summed E-state index contributed by atoms with van der Waals surface area (Å²) in [5.74, 6) is 0.169. The minimum absolute atomic E-state index is 0.167. The molecule has 2 heterocycles. The van der Waals surface area contributed by atoms with Gasteiger partial charge in [-0.1, -0.05) is 30.3 Å². The molecule has 0 spiro atoms. The minimum atomic E-state index is -0.321. The number of pyridine rings is 1. The van der Waals surface area contributed by atoms with Crippen molar-refractivity contribution in [3.05, 3.63) is 87.9 Å². The van der Waals surface area contributed by atoms with Crippen LogP contribution >= 0.6 is 11.3 Å². The molecule has 6 nitrogen and oxygen atoms in total. The van der Waals surface area contributed by atoms with Gasteiger partial charge in [0.2, 0.25) is 5.78 Å². The van der Waals surface area contributed by atoms with E-state index in [1.54, 1.807) is 50.6 Å². The van der Waals surface area contributed by atoms with Crippen LogP contribution in [0.25, 0.3) is 10.2 Å². The molecule has 2 aromatic heterocycles. The van der Waals surface area contributed by atoms with Crippen molar-refractivity contribution in [2.24, 2.45) is 0 Å². The van der Waals surface area contributed by atoms with Gasteiger partial charge in [0.15, 0.2) is 0 Å². The van der Waals surface area contributed by atoms with Gasteiger partial charge in [0.25, 0.3) is 5.91 Å². The predicted molar refractivity (Wildman–Crippen MR) is 126 cm³/mol. The number of thiophene rings is 1. The number of hydrogen-bond donors (Lipinski definition) is 1. The summed E-state index contributed by atoms with van der Waals surface area (Å²) in [4.78, 5) is 32.2. The summed E-state index contributed by atoms with van der Waals surface area (Å²) >= 11 is 1.27. The number of fused-ring (bicyclic) bond motifs is 1. The fraction of sp³-hybridized carbons (Fsp3) is 0.160. The summed E-state index contributed by atoms with van der Waals surface area (Å²) in [5.41, 5.74) is 3.14. The number of hydrogen-bond acceptors (Lipinski definition) is 6. The van der Waals surface area contributed by atoms with Gasteiger partial charge in [0, 0.05) is 29.3 Å². The van der Waals surface area contributed by atoms with Crippen LogP contribution in [-0.4, -0.2) is 30.9 Å². The Balaban J connectivity index is 1.85. The Kier molecular flexibility index (Phi) is 6.30. The fourth-order valence-corrected chi connectivity index (χ4v) is 4.69. The molecule has 0 fully saturated rings. The van der Waals surface area contributed by atoms with Crippen LogP contribution in [0.5, 0.6) is 5.75 Å². The molecule has 0 aliphatic carbocycles. The number of methoxy groups -OCH3 is 2. The second-order valence-electron chi connectivity index (χ2n) is 7.22. The quantitative estimate of drug-likeness (QED) is 0.393. The highest BCUT2D eigenvalue weighted by atomic mass is 32.1. The van der Waals surface area contributed by atoms with Gasteiger partial charge in [-0.25, -0.2) is 4.98 Å². The first-order valence-electron chi connectivity index (χ1n) is 9.99. The van der Waals surface area contributed by atoms with Crippen molar-refractivity contribution in [3.8, 4) is 5.75 Å². The molecule has 4 rings (SSSR count). The van der Waals surface area contributed by atoms with Crippen LogP contribution in [0.2, 0.25) is 0 Å². The van der Waals surface area contributed by atoms with Crippen LogP contribution in [-0.2, 0) is 11.3 Å². The number of benzene rings is 2. The second kappa shape index (κ2) is 9.30. The molecule has 0 bridgehead atoms. The Labute approximate surface area is 189 Å². The average Bonchev–Trinajstić information content (AvgIpc) is 3.17. The number of nitrogens with one attached hydrogen (secondary N) is 1. The Hall–Kier alpha value is -3.55. The topological polar surface area (TPSA) is 77.5 Å². The first-order chi connectivity index (χ1) is 15.5. The molecular weight excluding hydrogens is 424 g/mol. The van der Waals surface area contributed by atoms with E-state index in [0.29, 0.717) is 38.9 Å². The van der Waals surface area contributed by atoms with E-state index in [1.165, 1.54) is 11.3 Å². The van der Waals surface area contributed by atoms with E-state index in [0.717, 1.165) is 16.6 Å². The number of rotatable bonds is 7. The lowest BCUT2D eigenvalue weighted by Gasteiger charge is -2.10. The molecule has 4 aromatic rings. The third kappa shape index (κ3) is 4.26. The Bertz CT molecular complexity index is 1280. The van der Waals surface area contributed by atoms with E-state index in [4.69, 9.17) is 9.47 Å².